The summed E-state index contributed by atoms with van der Waals surface area (Å²) in [6.07, 6.45) is -2.75. The van der Waals surface area contributed by atoms with Crippen LogP contribution in [0.25, 0.3) is 22.2 Å². The fourth-order valence-electron chi connectivity index (χ4n) is 3.06. The number of nitrogens with one attached hydrogen (secondary N) is 3. The fraction of sp³-hybridized carbons (Fsp3) is 0.211. The summed E-state index contributed by atoms with van der Waals surface area (Å²) in [6.45, 7) is 2.53. The molecule has 4 rings (SSSR count). The molecule has 0 amide bonds. The highest BCUT2D eigenvalue weighted by Crippen LogP contribution is 2.29. The van der Waals surface area contributed by atoms with Crippen molar-refractivity contribution in [3.63, 3.8) is 0 Å². The predicted octanol–water partition coefficient (Wildman–Crippen LogP) is 4.95. The van der Waals surface area contributed by atoms with Gasteiger partial charge in [-0.3, -0.25) is 0 Å². The minimum Gasteiger partial charge on any atom is -0.361 e. The molecule has 1 aromatic carbocycles. The van der Waals surface area contributed by atoms with Crippen LogP contribution in [0.4, 0.5) is 30.6 Å². The Labute approximate surface area is 163 Å². The average molecular weight is 402 g/mol. The minimum absolute atomic E-state index is 0.100. The summed E-state index contributed by atoms with van der Waals surface area (Å²) >= 11 is 0. The molecule has 0 saturated heterocycles. The van der Waals surface area contributed by atoms with Crippen LogP contribution < -0.4 is 10.6 Å². The molecule has 0 radical (unpaired) electrons. The van der Waals surface area contributed by atoms with Gasteiger partial charge in [0.25, 0.3) is 0 Å². The van der Waals surface area contributed by atoms with Gasteiger partial charge in [-0.15, -0.1) is 0 Å². The number of rotatable bonds is 5. The Balaban J connectivity index is 1.59. The quantitative estimate of drug-likeness (QED) is 0.438. The SMILES string of the molecule is Cc1noc(C)c1-c1ccc(Nc2nc(NCC(F)(F)F)c3cc[nH]c3n2)cc1. The zero-order valence-corrected chi connectivity index (χ0v) is 15.6. The van der Waals surface area contributed by atoms with E-state index < -0.39 is 12.7 Å². The van der Waals surface area contributed by atoms with Gasteiger partial charge in [-0.05, 0) is 37.6 Å². The number of aromatic amines is 1. The third kappa shape index (κ3) is 4.00. The fourth-order valence-corrected chi connectivity index (χ4v) is 3.06. The lowest BCUT2D eigenvalue weighted by Crippen LogP contribution is -2.22. The van der Waals surface area contributed by atoms with Gasteiger partial charge in [-0.1, -0.05) is 17.3 Å². The van der Waals surface area contributed by atoms with Crippen LogP contribution in [0.2, 0.25) is 0 Å². The van der Waals surface area contributed by atoms with E-state index in [2.05, 4.69) is 30.7 Å². The molecule has 3 aromatic heterocycles. The predicted molar refractivity (Wildman–Crippen MR) is 103 cm³/mol. The van der Waals surface area contributed by atoms with Crippen LogP contribution in [0.1, 0.15) is 11.5 Å². The molecular weight excluding hydrogens is 385 g/mol. The maximum atomic E-state index is 12.6. The van der Waals surface area contributed by atoms with Crippen molar-refractivity contribution in [2.75, 3.05) is 17.2 Å². The van der Waals surface area contributed by atoms with E-state index in [4.69, 9.17) is 4.52 Å². The molecule has 7 nitrogen and oxygen atoms in total. The highest BCUT2D eigenvalue weighted by molar-refractivity contribution is 5.88. The summed E-state index contributed by atoms with van der Waals surface area (Å²) in [5, 5.41) is 9.78. The van der Waals surface area contributed by atoms with Crippen molar-refractivity contribution >= 4 is 28.5 Å². The molecule has 150 valence electrons. The second kappa shape index (κ2) is 7.12. The molecule has 10 heteroatoms. The van der Waals surface area contributed by atoms with Crippen LogP contribution in [-0.2, 0) is 0 Å². The number of nitrogens with zero attached hydrogens (tertiary/aromatic N) is 3. The van der Waals surface area contributed by atoms with Crippen LogP contribution in [-0.4, -0.2) is 32.8 Å². The van der Waals surface area contributed by atoms with Crippen molar-refractivity contribution in [3.05, 3.63) is 48.0 Å². The molecule has 0 bridgehead atoms. The zero-order valence-electron chi connectivity index (χ0n) is 15.6. The first kappa shape index (κ1) is 18.8. The van der Waals surface area contributed by atoms with Gasteiger partial charge in [0.05, 0.1) is 11.1 Å². The summed E-state index contributed by atoms with van der Waals surface area (Å²) in [5.74, 6) is 1.00. The molecule has 0 aliphatic rings. The van der Waals surface area contributed by atoms with Crippen molar-refractivity contribution < 1.29 is 17.7 Å². The summed E-state index contributed by atoms with van der Waals surface area (Å²) in [4.78, 5) is 11.4. The third-order valence-corrected chi connectivity index (χ3v) is 4.34. The Morgan fingerprint density at radius 3 is 2.48 bits per heavy atom. The first-order chi connectivity index (χ1) is 13.8. The Bertz CT molecular complexity index is 1130. The Morgan fingerprint density at radius 1 is 1.07 bits per heavy atom. The summed E-state index contributed by atoms with van der Waals surface area (Å²) in [7, 11) is 0. The summed E-state index contributed by atoms with van der Waals surface area (Å²) < 4.78 is 42.9. The number of H-pyrrole nitrogens is 1. The number of aromatic nitrogens is 4. The molecule has 0 spiro atoms. The van der Waals surface area contributed by atoms with Gasteiger partial charge >= 0.3 is 6.18 Å². The first-order valence-electron chi connectivity index (χ1n) is 8.76. The number of hydrogen-bond acceptors (Lipinski definition) is 6. The van der Waals surface area contributed by atoms with Crippen LogP contribution in [0, 0.1) is 13.8 Å². The molecule has 0 fully saturated rings. The number of aryl methyl sites for hydroxylation is 2. The lowest BCUT2D eigenvalue weighted by molar-refractivity contribution is -0.115. The third-order valence-electron chi connectivity index (χ3n) is 4.34. The molecule has 0 aliphatic carbocycles. The van der Waals surface area contributed by atoms with E-state index in [0.29, 0.717) is 16.7 Å². The van der Waals surface area contributed by atoms with E-state index >= 15 is 0 Å². The van der Waals surface area contributed by atoms with Crippen molar-refractivity contribution in [1.29, 1.82) is 0 Å². The monoisotopic (exact) mass is 402 g/mol. The number of alkyl halides is 3. The highest BCUT2D eigenvalue weighted by atomic mass is 19.4. The maximum Gasteiger partial charge on any atom is 0.405 e. The van der Waals surface area contributed by atoms with E-state index in [9.17, 15) is 13.2 Å². The van der Waals surface area contributed by atoms with E-state index in [1.807, 2.05) is 38.1 Å². The maximum absolute atomic E-state index is 12.6. The highest BCUT2D eigenvalue weighted by Gasteiger charge is 2.27. The van der Waals surface area contributed by atoms with Gasteiger partial charge in [0.15, 0.2) is 0 Å². The van der Waals surface area contributed by atoms with Crippen molar-refractivity contribution in [2.45, 2.75) is 20.0 Å². The van der Waals surface area contributed by atoms with Gasteiger partial charge in [-0.25, -0.2) is 0 Å². The van der Waals surface area contributed by atoms with Crippen molar-refractivity contribution in [1.82, 2.24) is 20.1 Å². The lowest BCUT2D eigenvalue weighted by Gasteiger charge is -2.12. The standard InChI is InChI=1S/C19H17F3N6O/c1-10-15(11(2)29-28-10)12-3-5-13(6-4-12)25-18-26-16-14(7-8-23-16)17(27-18)24-9-19(20,21)22/h3-8H,9H2,1-2H3,(H3,23,24,25,26,27). The lowest BCUT2D eigenvalue weighted by atomic mass is 10.0. The second-order valence-corrected chi connectivity index (χ2v) is 6.51. The van der Waals surface area contributed by atoms with E-state index in [0.717, 1.165) is 22.6 Å². The van der Waals surface area contributed by atoms with E-state index in [1.165, 1.54) is 0 Å². The van der Waals surface area contributed by atoms with Gasteiger partial charge in [-0.2, -0.15) is 23.1 Å². The summed E-state index contributed by atoms with van der Waals surface area (Å²) in [5.41, 5.74) is 3.79. The molecule has 3 heterocycles. The van der Waals surface area contributed by atoms with Crippen LogP contribution in [0.15, 0.2) is 41.1 Å². The molecule has 4 aromatic rings. The smallest absolute Gasteiger partial charge is 0.361 e. The van der Waals surface area contributed by atoms with Gasteiger partial charge < -0.3 is 20.1 Å². The second-order valence-electron chi connectivity index (χ2n) is 6.51. The molecule has 29 heavy (non-hydrogen) atoms. The average Bonchev–Trinajstić information content (AvgIpc) is 3.26. The van der Waals surface area contributed by atoms with Gasteiger partial charge in [0, 0.05) is 17.4 Å². The van der Waals surface area contributed by atoms with E-state index in [1.54, 1.807) is 12.3 Å². The Hall–Kier alpha value is -3.56. The molecule has 0 aliphatic heterocycles. The van der Waals surface area contributed by atoms with Crippen LogP contribution in [0.5, 0.6) is 0 Å². The number of anilines is 3. The van der Waals surface area contributed by atoms with E-state index in [-0.39, 0.29) is 11.8 Å². The first-order valence-corrected chi connectivity index (χ1v) is 8.76. The molecular formula is C19H17F3N6O. The number of fused-ring (bicyclic) bond motifs is 1. The number of hydrogen-bond donors (Lipinski definition) is 3. The molecule has 0 unspecified atom stereocenters. The number of halogens is 3. The molecule has 0 saturated carbocycles. The number of benzene rings is 1. The van der Waals surface area contributed by atoms with Crippen LogP contribution >= 0.6 is 0 Å². The minimum atomic E-state index is -4.35. The van der Waals surface area contributed by atoms with Gasteiger partial charge in [0.1, 0.15) is 23.8 Å². The normalized spacial score (nSPS) is 11.8. The van der Waals surface area contributed by atoms with Crippen LogP contribution in [0.3, 0.4) is 0 Å². The molecule has 3 N–H and O–H groups in total. The van der Waals surface area contributed by atoms with Gasteiger partial charge in [0.2, 0.25) is 5.95 Å². The summed E-state index contributed by atoms with van der Waals surface area (Å²) in [6, 6.07) is 9.06. The Kier molecular flexibility index (Phi) is 4.61. The van der Waals surface area contributed by atoms with Crippen molar-refractivity contribution in [3.8, 4) is 11.1 Å². The largest absolute Gasteiger partial charge is 0.405 e. The Morgan fingerprint density at radius 2 is 1.83 bits per heavy atom. The van der Waals surface area contributed by atoms with Crippen molar-refractivity contribution in [2.24, 2.45) is 0 Å². The zero-order chi connectivity index (χ0) is 20.6. The topological polar surface area (TPSA) is 91.7 Å². The molecule has 0 atom stereocenters.